The summed E-state index contributed by atoms with van der Waals surface area (Å²) in [4.78, 5) is 2.26. The summed E-state index contributed by atoms with van der Waals surface area (Å²) in [5.41, 5.74) is 0.852. The topological polar surface area (TPSA) is 49.2 Å². The monoisotopic (exact) mass is 247 g/mol. The number of rotatable bonds is 2. The van der Waals surface area contributed by atoms with Crippen molar-refractivity contribution in [3.05, 3.63) is 10.0 Å². The van der Waals surface area contributed by atoms with Gasteiger partial charge in [0.25, 0.3) is 0 Å². The summed E-state index contributed by atoms with van der Waals surface area (Å²) >= 11 is 7.16. The van der Waals surface area contributed by atoms with Crippen LogP contribution in [0.4, 0.5) is 0 Å². The third-order valence-electron chi connectivity index (χ3n) is 2.83. The third-order valence-corrected chi connectivity index (χ3v) is 3.81. The molecule has 0 bridgehead atoms. The molecule has 0 saturated carbocycles. The summed E-state index contributed by atoms with van der Waals surface area (Å²) in [7, 11) is 0. The molecule has 1 aliphatic heterocycles. The molecule has 2 heterocycles. The van der Waals surface area contributed by atoms with E-state index in [1.54, 1.807) is 0 Å². The molecule has 1 aromatic heterocycles. The Morgan fingerprint density at radius 3 is 3.07 bits per heavy atom. The number of hydrogen-bond donors (Lipinski definition) is 1. The molecule has 15 heavy (non-hydrogen) atoms. The van der Waals surface area contributed by atoms with E-state index in [9.17, 15) is 5.11 Å². The molecule has 0 amide bonds. The molecule has 1 N–H and O–H groups in total. The van der Waals surface area contributed by atoms with E-state index in [4.69, 9.17) is 11.6 Å². The number of aliphatic hydroxyl groups excluding tert-OH is 1. The summed E-state index contributed by atoms with van der Waals surface area (Å²) in [5.74, 6) is 0.323. The summed E-state index contributed by atoms with van der Waals surface area (Å²) < 4.78 is 4.48. The molecule has 6 heteroatoms. The van der Waals surface area contributed by atoms with Gasteiger partial charge in [0.1, 0.15) is 10.0 Å². The largest absolute Gasteiger partial charge is 0.393 e. The average Bonchev–Trinajstić information content (AvgIpc) is 2.59. The van der Waals surface area contributed by atoms with E-state index in [1.807, 2.05) is 0 Å². The lowest BCUT2D eigenvalue weighted by Crippen LogP contribution is -2.41. The number of hydrogen-bond acceptors (Lipinski definition) is 5. The van der Waals surface area contributed by atoms with E-state index in [0.717, 1.165) is 31.7 Å². The number of nitrogens with zero attached hydrogens (tertiary/aromatic N) is 3. The molecule has 0 radical (unpaired) electrons. The Kier molecular flexibility index (Phi) is 3.56. The molecule has 1 saturated heterocycles. The second kappa shape index (κ2) is 4.74. The molecule has 1 fully saturated rings. The van der Waals surface area contributed by atoms with Crippen LogP contribution in [0.3, 0.4) is 0 Å². The van der Waals surface area contributed by atoms with Crippen LogP contribution in [0.25, 0.3) is 0 Å². The van der Waals surface area contributed by atoms with Crippen LogP contribution in [0.2, 0.25) is 4.34 Å². The first-order valence-electron chi connectivity index (χ1n) is 5.04. The number of piperidine rings is 1. The predicted octanol–water partition coefficient (Wildman–Crippen LogP) is 1.39. The zero-order valence-corrected chi connectivity index (χ0v) is 10.1. The summed E-state index contributed by atoms with van der Waals surface area (Å²) in [6.07, 6.45) is 0.668. The molecule has 2 atom stereocenters. The molecule has 84 valence electrons. The second-order valence-corrected chi connectivity index (χ2v) is 5.42. The van der Waals surface area contributed by atoms with E-state index >= 15 is 0 Å². The van der Waals surface area contributed by atoms with Gasteiger partial charge in [-0.2, -0.15) is 0 Å². The lowest BCUT2D eigenvalue weighted by molar-refractivity contribution is 0.0316. The van der Waals surface area contributed by atoms with Gasteiger partial charge >= 0.3 is 0 Å². The fraction of sp³-hybridized carbons (Fsp3) is 0.778. The molecule has 2 unspecified atom stereocenters. The summed E-state index contributed by atoms with van der Waals surface area (Å²) in [5, 5.41) is 13.6. The molecule has 1 aliphatic rings. The Hall–Kier alpha value is -0.230. The normalized spacial score (nSPS) is 28.2. The Labute approximate surface area is 98.0 Å². The minimum absolute atomic E-state index is 0.162. The number of likely N-dealkylation sites (tertiary alicyclic amines) is 1. The van der Waals surface area contributed by atoms with Gasteiger partial charge in [-0.25, -0.2) is 0 Å². The van der Waals surface area contributed by atoms with E-state index in [2.05, 4.69) is 21.4 Å². The molecular formula is C9H14ClN3OS. The number of halogens is 1. The first-order valence-corrected chi connectivity index (χ1v) is 6.19. The molecule has 0 aromatic carbocycles. The third kappa shape index (κ3) is 2.66. The van der Waals surface area contributed by atoms with Crippen molar-refractivity contribution in [2.75, 3.05) is 13.1 Å². The van der Waals surface area contributed by atoms with Gasteiger partial charge in [-0.05, 0) is 12.3 Å². The first kappa shape index (κ1) is 11.3. The predicted molar refractivity (Wildman–Crippen MR) is 60.0 cm³/mol. The zero-order valence-electron chi connectivity index (χ0n) is 8.56. The maximum absolute atomic E-state index is 9.60. The highest BCUT2D eigenvalue weighted by Gasteiger charge is 2.25. The van der Waals surface area contributed by atoms with Crippen LogP contribution in [-0.2, 0) is 6.54 Å². The van der Waals surface area contributed by atoms with Crippen molar-refractivity contribution < 1.29 is 5.11 Å². The van der Waals surface area contributed by atoms with Gasteiger partial charge < -0.3 is 5.11 Å². The fourth-order valence-electron chi connectivity index (χ4n) is 1.87. The maximum Gasteiger partial charge on any atom is 0.138 e. The molecule has 2 rings (SSSR count). The standard InChI is InChI=1S/C9H14ClN3OS/c1-6-4-13(3-2-8(6)14)5-7-9(10)15-12-11-7/h6,8,14H,2-5H2,1H3. The fourth-order valence-corrected chi connectivity index (χ4v) is 2.48. The average molecular weight is 248 g/mol. The van der Waals surface area contributed by atoms with E-state index in [-0.39, 0.29) is 6.10 Å². The van der Waals surface area contributed by atoms with E-state index in [0.29, 0.717) is 10.3 Å². The van der Waals surface area contributed by atoms with Gasteiger partial charge in [0, 0.05) is 31.2 Å². The smallest absolute Gasteiger partial charge is 0.138 e. The Morgan fingerprint density at radius 2 is 2.47 bits per heavy atom. The van der Waals surface area contributed by atoms with Crippen LogP contribution in [0, 0.1) is 5.92 Å². The Balaban J connectivity index is 1.94. The van der Waals surface area contributed by atoms with Crippen LogP contribution in [0.1, 0.15) is 19.0 Å². The van der Waals surface area contributed by atoms with Crippen molar-refractivity contribution in [1.82, 2.24) is 14.5 Å². The molecule has 1 aromatic rings. The van der Waals surface area contributed by atoms with E-state index < -0.39 is 0 Å². The van der Waals surface area contributed by atoms with Crippen molar-refractivity contribution in [3.63, 3.8) is 0 Å². The Bertz CT molecular complexity index is 333. The highest BCUT2D eigenvalue weighted by molar-refractivity contribution is 7.10. The SMILES string of the molecule is CC1CN(Cc2nnsc2Cl)CCC1O. The van der Waals surface area contributed by atoms with Crippen molar-refractivity contribution >= 4 is 23.1 Å². The van der Waals surface area contributed by atoms with E-state index in [1.165, 1.54) is 11.5 Å². The summed E-state index contributed by atoms with van der Waals surface area (Å²) in [6, 6.07) is 0. The van der Waals surface area contributed by atoms with Gasteiger partial charge in [0.15, 0.2) is 0 Å². The highest BCUT2D eigenvalue weighted by Crippen LogP contribution is 2.22. The minimum atomic E-state index is -0.162. The van der Waals surface area contributed by atoms with Gasteiger partial charge in [-0.1, -0.05) is 23.0 Å². The van der Waals surface area contributed by atoms with Gasteiger partial charge in [0.2, 0.25) is 0 Å². The summed E-state index contributed by atoms with van der Waals surface area (Å²) in [6.45, 7) is 4.61. The molecule has 0 spiro atoms. The molecular weight excluding hydrogens is 234 g/mol. The quantitative estimate of drug-likeness (QED) is 0.858. The van der Waals surface area contributed by atoms with Crippen LogP contribution < -0.4 is 0 Å². The van der Waals surface area contributed by atoms with Crippen molar-refractivity contribution in [2.24, 2.45) is 5.92 Å². The van der Waals surface area contributed by atoms with Crippen LogP contribution in [-0.4, -0.2) is 38.8 Å². The molecule has 0 aliphatic carbocycles. The van der Waals surface area contributed by atoms with Gasteiger partial charge in [0.05, 0.1) is 6.10 Å². The van der Waals surface area contributed by atoms with Crippen molar-refractivity contribution in [3.8, 4) is 0 Å². The maximum atomic E-state index is 9.60. The van der Waals surface area contributed by atoms with Gasteiger partial charge in [-0.15, -0.1) is 5.10 Å². The molecule has 4 nitrogen and oxygen atoms in total. The van der Waals surface area contributed by atoms with Crippen LogP contribution in [0.15, 0.2) is 0 Å². The lowest BCUT2D eigenvalue weighted by atomic mass is 9.97. The zero-order chi connectivity index (χ0) is 10.8. The highest BCUT2D eigenvalue weighted by atomic mass is 35.5. The van der Waals surface area contributed by atoms with Crippen LogP contribution >= 0.6 is 23.1 Å². The number of aliphatic hydroxyl groups is 1. The second-order valence-electron chi connectivity index (χ2n) is 4.06. The lowest BCUT2D eigenvalue weighted by Gasteiger charge is -2.33. The van der Waals surface area contributed by atoms with Crippen molar-refractivity contribution in [2.45, 2.75) is 26.0 Å². The number of aromatic nitrogens is 2. The van der Waals surface area contributed by atoms with Crippen LogP contribution in [0.5, 0.6) is 0 Å². The first-order chi connectivity index (χ1) is 7.16. The van der Waals surface area contributed by atoms with Crippen molar-refractivity contribution in [1.29, 1.82) is 0 Å². The Morgan fingerprint density at radius 1 is 1.67 bits per heavy atom. The minimum Gasteiger partial charge on any atom is -0.393 e. The van der Waals surface area contributed by atoms with Gasteiger partial charge in [-0.3, -0.25) is 4.90 Å².